The van der Waals surface area contributed by atoms with Gasteiger partial charge in [-0.1, -0.05) is 0 Å². The molecule has 0 aromatic rings. The quantitative estimate of drug-likeness (QED) is 0.538. The average molecular weight is 181 g/mol. The van der Waals surface area contributed by atoms with Crippen molar-refractivity contribution in [2.75, 3.05) is 13.6 Å². The molecule has 0 bridgehead atoms. The standard InChI is InChI=1S/C7H13F2NO2/c1-4-7(8,9)6(12)5(11)3-10(4)2/h4-6,11-12H,3H2,1-2H3/t4-,5+,6-/m0/s1. The van der Waals surface area contributed by atoms with Crippen LogP contribution in [0.15, 0.2) is 0 Å². The van der Waals surface area contributed by atoms with E-state index < -0.39 is 24.2 Å². The summed E-state index contributed by atoms with van der Waals surface area (Å²) >= 11 is 0. The number of aliphatic hydroxyl groups excluding tert-OH is 2. The molecule has 0 amide bonds. The molecule has 1 rings (SSSR count). The summed E-state index contributed by atoms with van der Waals surface area (Å²) in [6.07, 6.45) is -3.30. The first kappa shape index (κ1) is 9.83. The maximum absolute atomic E-state index is 13.0. The van der Waals surface area contributed by atoms with Gasteiger partial charge in [0, 0.05) is 6.54 Å². The highest BCUT2D eigenvalue weighted by Gasteiger charge is 2.52. The summed E-state index contributed by atoms with van der Waals surface area (Å²) < 4.78 is 26.1. The summed E-state index contributed by atoms with van der Waals surface area (Å²) in [5.41, 5.74) is 0. The molecule has 5 heteroatoms. The normalized spacial score (nSPS) is 43.0. The molecule has 0 saturated carbocycles. The lowest BCUT2D eigenvalue weighted by molar-refractivity contribution is -0.214. The Labute approximate surface area is 69.6 Å². The van der Waals surface area contributed by atoms with Crippen LogP contribution in [0.5, 0.6) is 0 Å². The second kappa shape index (κ2) is 2.90. The molecular weight excluding hydrogens is 168 g/mol. The van der Waals surface area contributed by atoms with Gasteiger partial charge in [-0.05, 0) is 14.0 Å². The smallest absolute Gasteiger partial charge is 0.290 e. The fraction of sp³-hybridized carbons (Fsp3) is 1.00. The van der Waals surface area contributed by atoms with Gasteiger partial charge < -0.3 is 10.2 Å². The number of β-amino-alcohol motifs (C(OH)–C–C–N with tert-alkyl or cyclic N) is 1. The van der Waals surface area contributed by atoms with Crippen LogP contribution in [0.4, 0.5) is 8.78 Å². The maximum atomic E-state index is 13.0. The van der Waals surface area contributed by atoms with E-state index in [0.717, 1.165) is 0 Å². The Kier molecular flexibility index (Phi) is 2.38. The van der Waals surface area contributed by atoms with Crippen LogP contribution in [0.2, 0.25) is 0 Å². The predicted octanol–water partition coefficient (Wildman–Crippen LogP) is -0.323. The molecule has 12 heavy (non-hydrogen) atoms. The summed E-state index contributed by atoms with van der Waals surface area (Å²) in [5.74, 6) is -3.23. The Balaban J connectivity index is 2.82. The van der Waals surface area contributed by atoms with E-state index >= 15 is 0 Å². The van der Waals surface area contributed by atoms with E-state index in [4.69, 9.17) is 10.2 Å². The molecular formula is C7H13F2NO2. The minimum absolute atomic E-state index is 0.0813. The number of aliphatic hydroxyl groups is 2. The maximum Gasteiger partial charge on any atom is 0.290 e. The largest absolute Gasteiger partial charge is 0.389 e. The van der Waals surface area contributed by atoms with E-state index in [-0.39, 0.29) is 6.54 Å². The predicted molar refractivity (Wildman–Crippen MR) is 39.1 cm³/mol. The fourth-order valence-electron chi connectivity index (χ4n) is 1.35. The molecule has 3 nitrogen and oxygen atoms in total. The summed E-state index contributed by atoms with van der Waals surface area (Å²) in [4.78, 5) is 1.33. The molecule has 0 aromatic carbocycles. The molecule has 0 spiro atoms. The van der Waals surface area contributed by atoms with Gasteiger partial charge in [0.1, 0.15) is 6.10 Å². The summed E-state index contributed by atoms with van der Waals surface area (Å²) in [6, 6.07) is -1.03. The lowest BCUT2D eigenvalue weighted by Gasteiger charge is -2.42. The second-order valence-electron chi connectivity index (χ2n) is 3.30. The lowest BCUT2D eigenvalue weighted by atomic mass is 9.94. The molecule has 72 valence electrons. The first-order valence-electron chi connectivity index (χ1n) is 3.81. The van der Waals surface area contributed by atoms with E-state index in [2.05, 4.69) is 0 Å². The zero-order valence-corrected chi connectivity index (χ0v) is 7.04. The van der Waals surface area contributed by atoms with Gasteiger partial charge in [0.2, 0.25) is 0 Å². The Morgan fingerprint density at radius 1 is 1.42 bits per heavy atom. The van der Waals surface area contributed by atoms with Crippen molar-refractivity contribution in [2.45, 2.75) is 31.1 Å². The van der Waals surface area contributed by atoms with Crippen molar-refractivity contribution in [3.05, 3.63) is 0 Å². The van der Waals surface area contributed by atoms with Gasteiger partial charge in [0.05, 0.1) is 12.1 Å². The third-order valence-corrected chi connectivity index (χ3v) is 2.45. The molecule has 1 aliphatic rings. The highest BCUT2D eigenvalue weighted by Crippen LogP contribution is 2.32. The topological polar surface area (TPSA) is 43.7 Å². The van der Waals surface area contributed by atoms with Gasteiger partial charge in [-0.15, -0.1) is 0 Å². The first-order chi connectivity index (χ1) is 5.37. The van der Waals surface area contributed by atoms with Crippen molar-refractivity contribution in [3.63, 3.8) is 0 Å². The molecule has 1 heterocycles. The molecule has 1 fully saturated rings. The Bertz CT molecular complexity index is 161. The number of piperidine rings is 1. The number of nitrogens with zero attached hydrogens (tertiary/aromatic N) is 1. The summed E-state index contributed by atoms with van der Waals surface area (Å²) in [7, 11) is 1.49. The van der Waals surface area contributed by atoms with Crippen LogP contribution in [0, 0.1) is 0 Å². The number of rotatable bonds is 0. The number of hydrogen-bond donors (Lipinski definition) is 2. The Hall–Kier alpha value is -0.260. The van der Waals surface area contributed by atoms with Crippen molar-refractivity contribution in [1.82, 2.24) is 4.90 Å². The van der Waals surface area contributed by atoms with Gasteiger partial charge in [-0.25, -0.2) is 8.78 Å². The first-order valence-corrected chi connectivity index (χ1v) is 3.81. The zero-order valence-electron chi connectivity index (χ0n) is 7.04. The van der Waals surface area contributed by atoms with Crippen LogP contribution in [-0.4, -0.2) is 52.9 Å². The van der Waals surface area contributed by atoms with Crippen LogP contribution in [0.3, 0.4) is 0 Å². The van der Waals surface area contributed by atoms with Gasteiger partial charge in [0.15, 0.2) is 0 Å². The molecule has 3 atom stereocenters. The Morgan fingerprint density at radius 3 is 2.42 bits per heavy atom. The highest BCUT2D eigenvalue weighted by molar-refractivity contribution is 4.96. The Morgan fingerprint density at radius 2 is 1.92 bits per heavy atom. The van der Waals surface area contributed by atoms with E-state index in [9.17, 15) is 8.78 Å². The zero-order chi connectivity index (χ0) is 9.52. The van der Waals surface area contributed by atoms with Crippen LogP contribution in [0.25, 0.3) is 0 Å². The van der Waals surface area contributed by atoms with Gasteiger partial charge >= 0.3 is 0 Å². The number of hydrogen-bond acceptors (Lipinski definition) is 3. The number of alkyl halides is 2. The van der Waals surface area contributed by atoms with Crippen molar-refractivity contribution < 1.29 is 19.0 Å². The van der Waals surface area contributed by atoms with E-state index in [1.807, 2.05) is 0 Å². The SMILES string of the molecule is C[C@@H]1N(C)C[C@@H](O)[C@H](O)C1(F)F. The minimum Gasteiger partial charge on any atom is -0.389 e. The fourth-order valence-corrected chi connectivity index (χ4v) is 1.35. The minimum atomic E-state index is -3.23. The van der Waals surface area contributed by atoms with E-state index in [1.165, 1.54) is 18.9 Å². The molecule has 2 N–H and O–H groups in total. The van der Waals surface area contributed by atoms with E-state index in [1.54, 1.807) is 0 Å². The molecule has 0 aromatic heterocycles. The number of likely N-dealkylation sites (tertiary alicyclic amines) is 1. The van der Waals surface area contributed by atoms with Crippen LogP contribution >= 0.6 is 0 Å². The van der Waals surface area contributed by atoms with Crippen molar-refractivity contribution in [3.8, 4) is 0 Å². The summed E-state index contributed by atoms with van der Waals surface area (Å²) in [5, 5.41) is 18.0. The molecule has 1 aliphatic heterocycles. The number of likely N-dealkylation sites (N-methyl/N-ethyl adjacent to an activating group) is 1. The van der Waals surface area contributed by atoms with Crippen molar-refractivity contribution >= 4 is 0 Å². The van der Waals surface area contributed by atoms with Gasteiger partial charge in [-0.2, -0.15) is 0 Å². The van der Waals surface area contributed by atoms with Crippen LogP contribution < -0.4 is 0 Å². The van der Waals surface area contributed by atoms with Gasteiger partial charge in [0.25, 0.3) is 5.92 Å². The van der Waals surface area contributed by atoms with Crippen molar-refractivity contribution in [1.29, 1.82) is 0 Å². The third kappa shape index (κ3) is 1.32. The lowest BCUT2D eigenvalue weighted by Crippen LogP contribution is -2.63. The molecule has 1 saturated heterocycles. The summed E-state index contributed by atoms with van der Waals surface area (Å²) in [6.45, 7) is 1.41. The van der Waals surface area contributed by atoms with Crippen molar-refractivity contribution in [2.24, 2.45) is 0 Å². The van der Waals surface area contributed by atoms with Gasteiger partial charge in [-0.3, -0.25) is 4.90 Å². The second-order valence-corrected chi connectivity index (χ2v) is 3.30. The highest BCUT2D eigenvalue weighted by atomic mass is 19.3. The molecule has 0 radical (unpaired) electrons. The average Bonchev–Trinajstić information content (AvgIpc) is 1.99. The van der Waals surface area contributed by atoms with Crippen LogP contribution in [-0.2, 0) is 0 Å². The molecule has 0 unspecified atom stereocenters. The molecule has 0 aliphatic carbocycles. The van der Waals surface area contributed by atoms with Crippen LogP contribution in [0.1, 0.15) is 6.92 Å². The monoisotopic (exact) mass is 181 g/mol. The van der Waals surface area contributed by atoms with E-state index in [0.29, 0.717) is 0 Å². The third-order valence-electron chi connectivity index (χ3n) is 2.45. The number of halogens is 2.